The SMILES string of the molecule is C/C=C/CCCC(O)C[N+](CC)(CC)C(C)C(=O)[O-]. The third-order valence-corrected chi connectivity index (χ3v) is 4.14. The van der Waals surface area contributed by atoms with Gasteiger partial charge >= 0.3 is 0 Å². The first-order chi connectivity index (χ1) is 8.93. The Morgan fingerprint density at radius 1 is 1.37 bits per heavy atom. The van der Waals surface area contributed by atoms with Crippen LogP contribution in [0.1, 0.15) is 47.0 Å². The van der Waals surface area contributed by atoms with Crippen LogP contribution in [0.25, 0.3) is 0 Å². The van der Waals surface area contributed by atoms with Gasteiger partial charge in [0.15, 0.2) is 0 Å². The predicted octanol–water partition coefficient (Wildman–Crippen LogP) is 1.09. The van der Waals surface area contributed by atoms with Crippen LogP contribution in [0.3, 0.4) is 0 Å². The van der Waals surface area contributed by atoms with Crippen molar-refractivity contribution in [2.75, 3.05) is 19.6 Å². The predicted molar refractivity (Wildman–Crippen MR) is 75.4 cm³/mol. The number of aliphatic hydroxyl groups is 1. The van der Waals surface area contributed by atoms with E-state index in [1.54, 1.807) is 6.92 Å². The van der Waals surface area contributed by atoms with E-state index in [0.29, 0.717) is 30.5 Å². The van der Waals surface area contributed by atoms with Crippen molar-refractivity contribution in [1.82, 2.24) is 0 Å². The van der Waals surface area contributed by atoms with Crippen molar-refractivity contribution in [1.29, 1.82) is 0 Å². The molecule has 0 aromatic heterocycles. The average molecular weight is 271 g/mol. The smallest absolute Gasteiger partial charge is 0.126 e. The number of nitrogens with zero attached hydrogens (tertiary/aromatic N) is 1. The maximum atomic E-state index is 11.1. The maximum Gasteiger partial charge on any atom is 0.126 e. The number of carboxylic acid groups (broad SMARTS) is 1. The van der Waals surface area contributed by atoms with Gasteiger partial charge in [0.1, 0.15) is 18.7 Å². The van der Waals surface area contributed by atoms with E-state index < -0.39 is 18.1 Å². The van der Waals surface area contributed by atoms with Crippen LogP contribution in [0, 0.1) is 0 Å². The van der Waals surface area contributed by atoms with Crippen molar-refractivity contribution in [2.24, 2.45) is 0 Å². The van der Waals surface area contributed by atoms with Gasteiger partial charge in [-0.2, -0.15) is 0 Å². The van der Waals surface area contributed by atoms with Crippen molar-refractivity contribution in [3.05, 3.63) is 12.2 Å². The van der Waals surface area contributed by atoms with Gasteiger partial charge in [-0.25, -0.2) is 0 Å². The lowest BCUT2D eigenvalue weighted by atomic mass is 10.1. The van der Waals surface area contributed by atoms with Crippen LogP contribution in [-0.2, 0) is 4.79 Å². The molecule has 4 nitrogen and oxygen atoms in total. The summed E-state index contributed by atoms with van der Waals surface area (Å²) in [5, 5.41) is 21.3. The van der Waals surface area contributed by atoms with Crippen LogP contribution in [0.2, 0.25) is 0 Å². The summed E-state index contributed by atoms with van der Waals surface area (Å²) in [5.74, 6) is -1.04. The summed E-state index contributed by atoms with van der Waals surface area (Å²) in [6.45, 7) is 9.46. The number of aliphatic hydroxyl groups excluding tert-OH is 1. The monoisotopic (exact) mass is 271 g/mol. The van der Waals surface area contributed by atoms with Crippen molar-refractivity contribution in [3.8, 4) is 0 Å². The quantitative estimate of drug-likeness (QED) is 0.367. The topological polar surface area (TPSA) is 60.4 Å². The summed E-state index contributed by atoms with van der Waals surface area (Å²) >= 11 is 0. The number of hydrogen-bond donors (Lipinski definition) is 1. The Morgan fingerprint density at radius 2 is 1.95 bits per heavy atom. The minimum absolute atomic E-state index is 0.382. The number of carboxylic acids is 1. The molecule has 0 bridgehead atoms. The van der Waals surface area contributed by atoms with Crippen LogP contribution in [0.5, 0.6) is 0 Å². The Balaban J connectivity index is 4.52. The fraction of sp³-hybridized carbons (Fsp3) is 0.800. The Hall–Kier alpha value is -0.870. The van der Waals surface area contributed by atoms with Crippen molar-refractivity contribution < 1.29 is 19.5 Å². The number of likely N-dealkylation sites (N-methyl/N-ethyl adjacent to an activating group) is 1. The first-order valence-electron chi connectivity index (χ1n) is 7.29. The van der Waals surface area contributed by atoms with Gasteiger partial charge < -0.3 is 19.5 Å². The second kappa shape index (κ2) is 9.10. The molecule has 0 radical (unpaired) electrons. The van der Waals surface area contributed by atoms with E-state index in [4.69, 9.17) is 0 Å². The lowest BCUT2D eigenvalue weighted by Gasteiger charge is -2.43. The highest BCUT2D eigenvalue weighted by atomic mass is 16.4. The molecule has 112 valence electrons. The van der Waals surface area contributed by atoms with Crippen molar-refractivity contribution in [2.45, 2.75) is 59.1 Å². The van der Waals surface area contributed by atoms with Crippen LogP contribution < -0.4 is 5.11 Å². The Labute approximate surface area is 117 Å². The third kappa shape index (κ3) is 5.74. The fourth-order valence-corrected chi connectivity index (χ4v) is 2.56. The lowest BCUT2D eigenvalue weighted by Crippen LogP contribution is -2.62. The van der Waals surface area contributed by atoms with Gasteiger partial charge in [0.05, 0.1) is 19.1 Å². The molecule has 0 amide bonds. The molecule has 2 unspecified atom stereocenters. The van der Waals surface area contributed by atoms with Crippen LogP contribution >= 0.6 is 0 Å². The number of aliphatic carboxylic acids is 1. The first-order valence-corrected chi connectivity index (χ1v) is 7.29. The summed E-state index contributed by atoms with van der Waals surface area (Å²) in [6, 6.07) is -0.583. The molecular weight excluding hydrogens is 242 g/mol. The molecule has 0 aromatic rings. The van der Waals surface area contributed by atoms with E-state index in [9.17, 15) is 15.0 Å². The van der Waals surface area contributed by atoms with Crippen LogP contribution in [0.15, 0.2) is 12.2 Å². The van der Waals surface area contributed by atoms with Crippen molar-refractivity contribution in [3.63, 3.8) is 0 Å². The molecular formula is C15H29NO3. The number of unbranched alkanes of at least 4 members (excludes halogenated alkanes) is 1. The van der Waals surface area contributed by atoms with Gasteiger partial charge in [-0.1, -0.05) is 12.2 Å². The van der Waals surface area contributed by atoms with Crippen LogP contribution in [0.4, 0.5) is 0 Å². The largest absolute Gasteiger partial charge is 0.544 e. The van der Waals surface area contributed by atoms with E-state index in [1.807, 2.05) is 26.8 Å². The van der Waals surface area contributed by atoms with E-state index >= 15 is 0 Å². The lowest BCUT2D eigenvalue weighted by molar-refractivity contribution is -0.942. The molecule has 0 heterocycles. The second-order valence-corrected chi connectivity index (χ2v) is 5.18. The van der Waals surface area contributed by atoms with Gasteiger partial charge in [0, 0.05) is 0 Å². The number of rotatable bonds is 10. The molecule has 19 heavy (non-hydrogen) atoms. The summed E-state index contributed by atoms with van der Waals surface area (Å²) in [7, 11) is 0. The fourth-order valence-electron chi connectivity index (χ4n) is 2.56. The van der Waals surface area contributed by atoms with Gasteiger partial charge in [-0.3, -0.25) is 0 Å². The number of hydrogen-bond acceptors (Lipinski definition) is 3. The van der Waals surface area contributed by atoms with E-state index in [0.717, 1.165) is 12.8 Å². The average Bonchev–Trinajstić information content (AvgIpc) is 2.40. The Morgan fingerprint density at radius 3 is 2.37 bits per heavy atom. The molecule has 0 saturated carbocycles. The second-order valence-electron chi connectivity index (χ2n) is 5.18. The minimum Gasteiger partial charge on any atom is -0.544 e. The number of quaternary nitrogens is 1. The molecule has 0 saturated heterocycles. The molecule has 0 rings (SSSR count). The van der Waals surface area contributed by atoms with E-state index in [-0.39, 0.29) is 0 Å². The molecule has 0 aromatic carbocycles. The number of allylic oxidation sites excluding steroid dienone is 2. The van der Waals surface area contributed by atoms with Crippen LogP contribution in [-0.4, -0.2) is 47.3 Å². The summed E-state index contributed by atoms with van der Waals surface area (Å²) in [4.78, 5) is 11.1. The highest BCUT2D eigenvalue weighted by Crippen LogP contribution is 2.16. The standard InChI is InChI=1S/C15H29NO3/c1-5-8-9-10-11-14(17)12-16(6-2,7-3)13(4)15(18)19/h5,8,13-14,17H,6-7,9-12H2,1-4H3/b8-5+. The molecule has 0 aliphatic heterocycles. The molecule has 2 atom stereocenters. The Bertz CT molecular complexity index is 285. The zero-order chi connectivity index (χ0) is 14.9. The highest BCUT2D eigenvalue weighted by Gasteiger charge is 2.33. The summed E-state index contributed by atoms with van der Waals surface area (Å²) in [5.41, 5.74) is 0. The van der Waals surface area contributed by atoms with E-state index in [1.165, 1.54) is 0 Å². The molecule has 4 heteroatoms. The minimum atomic E-state index is -1.04. The van der Waals surface area contributed by atoms with Crippen molar-refractivity contribution >= 4 is 5.97 Å². The van der Waals surface area contributed by atoms with Gasteiger partial charge in [-0.15, -0.1) is 0 Å². The summed E-state index contributed by atoms with van der Waals surface area (Å²) < 4.78 is 0.382. The molecule has 0 fully saturated rings. The molecule has 0 aliphatic carbocycles. The zero-order valence-electron chi connectivity index (χ0n) is 12.8. The van der Waals surface area contributed by atoms with Gasteiger partial charge in [-0.05, 0) is 47.0 Å². The highest BCUT2D eigenvalue weighted by molar-refractivity contribution is 5.69. The third-order valence-electron chi connectivity index (χ3n) is 4.14. The number of carbonyl (C=O) groups is 1. The van der Waals surface area contributed by atoms with Gasteiger partial charge in [0.25, 0.3) is 0 Å². The maximum absolute atomic E-state index is 11.1. The van der Waals surface area contributed by atoms with E-state index in [2.05, 4.69) is 6.08 Å². The first kappa shape index (κ1) is 18.1. The Kier molecular flexibility index (Phi) is 8.68. The molecule has 0 aliphatic rings. The molecule has 1 N–H and O–H groups in total. The molecule has 0 spiro atoms. The number of carbonyl (C=O) groups excluding carboxylic acids is 1. The van der Waals surface area contributed by atoms with Gasteiger partial charge in [0.2, 0.25) is 0 Å². The normalized spacial score (nSPS) is 15.6. The zero-order valence-corrected chi connectivity index (χ0v) is 12.8. The summed E-state index contributed by atoms with van der Waals surface area (Å²) in [6.07, 6.45) is 6.23.